The van der Waals surface area contributed by atoms with Crippen molar-refractivity contribution in [2.45, 2.75) is 26.6 Å². The van der Waals surface area contributed by atoms with E-state index in [-0.39, 0.29) is 36.3 Å². The molecule has 2 rings (SSSR count). The Morgan fingerprint density at radius 3 is 2.91 bits per heavy atom. The van der Waals surface area contributed by atoms with Crippen LogP contribution >= 0.6 is 35.3 Å². The fourth-order valence-electron chi connectivity index (χ4n) is 1.72. The van der Waals surface area contributed by atoms with Crippen molar-refractivity contribution in [1.29, 1.82) is 0 Å². The lowest BCUT2D eigenvalue weighted by molar-refractivity contribution is 0.0671. The molecule has 0 atom stereocenters. The zero-order chi connectivity index (χ0) is 15.1. The molecule has 0 aliphatic rings. The SMILES string of the molecule is CCNC(=NCc1nccn1C(F)F)NCc1cccs1.I. The number of halogens is 3. The van der Waals surface area contributed by atoms with Gasteiger partial charge in [-0.2, -0.15) is 8.78 Å². The van der Waals surface area contributed by atoms with Crippen molar-refractivity contribution < 1.29 is 8.78 Å². The van der Waals surface area contributed by atoms with Crippen LogP contribution in [0.4, 0.5) is 8.78 Å². The number of imidazole rings is 1. The molecule has 0 saturated heterocycles. The van der Waals surface area contributed by atoms with Crippen LogP contribution in [-0.4, -0.2) is 22.1 Å². The van der Waals surface area contributed by atoms with E-state index in [4.69, 9.17) is 0 Å². The molecule has 5 nitrogen and oxygen atoms in total. The predicted octanol–water partition coefficient (Wildman–Crippen LogP) is 3.21. The number of hydrogen-bond donors (Lipinski definition) is 2. The molecule has 0 radical (unpaired) electrons. The highest BCUT2D eigenvalue weighted by Gasteiger charge is 2.10. The lowest BCUT2D eigenvalue weighted by Gasteiger charge is -2.10. The smallest absolute Gasteiger partial charge is 0.319 e. The maximum absolute atomic E-state index is 12.7. The predicted molar refractivity (Wildman–Crippen MR) is 94.9 cm³/mol. The Bertz CT molecular complexity index is 571. The van der Waals surface area contributed by atoms with E-state index in [9.17, 15) is 8.78 Å². The van der Waals surface area contributed by atoms with Crippen LogP contribution in [0.5, 0.6) is 0 Å². The van der Waals surface area contributed by atoms with E-state index in [0.717, 1.165) is 4.57 Å². The Balaban J connectivity index is 0.00000242. The fraction of sp³-hybridized carbons (Fsp3) is 0.385. The van der Waals surface area contributed by atoms with Crippen LogP contribution in [0.3, 0.4) is 0 Å². The normalized spacial score (nSPS) is 11.4. The minimum absolute atomic E-state index is 0. The summed E-state index contributed by atoms with van der Waals surface area (Å²) in [5.41, 5.74) is 0. The van der Waals surface area contributed by atoms with Crippen molar-refractivity contribution in [2.24, 2.45) is 4.99 Å². The van der Waals surface area contributed by atoms with Crippen LogP contribution in [0.25, 0.3) is 0 Å². The van der Waals surface area contributed by atoms with Crippen LogP contribution in [0, 0.1) is 0 Å². The lowest BCUT2D eigenvalue weighted by Crippen LogP contribution is -2.36. The van der Waals surface area contributed by atoms with E-state index in [1.54, 1.807) is 11.3 Å². The first kappa shape index (κ1) is 18.8. The van der Waals surface area contributed by atoms with Crippen LogP contribution in [0.15, 0.2) is 34.9 Å². The maximum Gasteiger partial charge on any atom is 0.319 e. The third kappa shape index (κ3) is 5.52. The first-order chi connectivity index (χ1) is 10.2. The summed E-state index contributed by atoms with van der Waals surface area (Å²) in [7, 11) is 0. The first-order valence-electron chi connectivity index (χ1n) is 6.55. The Kier molecular flexibility index (Phi) is 8.31. The number of thiophene rings is 1. The largest absolute Gasteiger partial charge is 0.357 e. The number of nitrogens with zero attached hydrogens (tertiary/aromatic N) is 3. The van der Waals surface area contributed by atoms with Crippen molar-refractivity contribution in [2.75, 3.05) is 6.54 Å². The summed E-state index contributed by atoms with van der Waals surface area (Å²) in [6, 6.07) is 4.00. The van der Waals surface area contributed by atoms with Gasteiger partial charge in [0.05, 0.1) is 6.54 Å². The molecule has 0 fully saturated rings. The van der Waals surface area contributed by atoms with Gasteiger partial charge in [-0.05, 0) is 18.4 Å². The van der Waals surface area contributed by atoms with E-state index in [0.29, 0.717) is 19.0 Å². The first-order valence-corrected chi connectivity index (χ1v) is 7.43. The molecule has 0 unspecified atom stereocenters. The highest BCUT2D eigenvalue weighted by molar-refractivity contribution is 14.0. The van der Waals surface area contributed by atoms with Crippen molar-refractivity contribution in [1.82, 2.24) is 20.2 Å². The van der Waals surface area contributed by atoms with E-state index in [1.807, 2.05) is 24.4 Å². The maximum atomic E-state index is 12.7. The summed E-state index contributed by atoms with van der Waals surface area (Å²) in [6.07, 6.45) is 2.60. The molecule has 22 heavy (non-hydrogen) atoms. The molecular weight excluding hydrogens is 423 g/mol. The molecule has 0 aliphatic carbocycles. The summed E-state index contributed by atoms with van der Waals surface area (Å²) < 4.78 is 26.2. The van der Waals surface area contributed by atoms with E-state index in [1.165, 1.54) is 17.3 Å². The zero-order valence-electron chi connectivity index (χ0n) is 12.0. The van der Waals surface area contributed by atoms with E-state index in [2.05, 4.69) is 20.6 Å². The number of nitrogens with one attached hydrogen (secondary N) is 2. The highest BCUT2D eigenvalue weighted by atomic mass is 127. The average molecular weight is 441 g/mol. The Hall–Kier alpha value is -1.23. The van der Waals surface area contributed by atoms with Crippen molar-refractivity contribution >= 4 is 41.3 Å². The van der Waals surface area contributed by atoms with Crippen molar-refractivity contribution in [3.63, 3.8) is 0 Å². The summed E-state index contributed by atoms with van der Waals surface area (Å²) in [6.45, 7) is 0.783. The van der Waals surface area contributed by atoms with Gasteiger partial charge >= 0.3 is 6.55 Å². The zero-order valence-corrected chi connectivity index (χ0v) is 15.1. The van der Waals surface area contributed by atoms with Gasteiger partial charge in [0.15, 0.2) is 5.96 Å². The summed E-state index contributed by atoms with van der Waals surface area (Å²) in [5.74, 6) is 0.813. The Labute approximate surface area is 148 Å². The molecule has 2 heterocycles. The van der Waals surface area contributed by atoms with Crippen LogP contribution in [-0.2, 0) is 13.1 Å². The fourth-order valence-corrected chi connectivity index (χ4v) is 2.36. The summed E-state index contributed by atoms with van der Waals surface area (Å²) in [5, 5.41) is 8.23. The molecule has 122 valence electrons. The van der Waals surface area contributed by atoms with Crippen LogP contribution in [0.2, 0.25) is 0 Å². The van der Waals surface area contributed by atoms with Crippen molar-refractivity contribution in [3.8, 4) is 0 Å². The number of rotatable bonds is 6. The number of aliphatic imine (C=N–C) groups is 1. The third-order valence-corrected chi connectivity index (χ3v) is 3.57. The minimum Gasteiger partial charge on any atom is -0.357 e. The molecule has 0 bridgehead atoms. The second-order valence-corrected chi connectivity index (χ2v) is 5.19. The molecule has 2 aromatic rings. The van der Waals surface area contributed by atoms with Gasteiger partial charge in [0, 0.05) is 23.8 Å². The highest BCUT2D eigenvalue weighted by Crippen LogP contribution is 2.13. The van der Waals surface area contributed by atoms with Gasteiger partial charge < -0.3 is 10.6 Å². The van der Waals surface area contributed by atoms with Crippen molar-refractivity contribution in [3.05, 3.63) is 40.6 Å². The molecule has 0 amide bonds. The van der Waals surface area contributed by atoms with Gasteiger partial charge in [-0.1, -0.05) is 6.07 Å². The molecule has 0 spiro atoms. The number of hydrogen-bond acceptors (Lipinski definition) is 3. The van der Waals surface area contributed by atoms with Gasteiger partial charge in [0.1, 0.15) is 12.4 Å². The van der Waals surface area contributed by atoms with Gasteiger partial charge in [-0.25, -0.2) is 9.98 Å². The molecule has 0 saturated carbocycles. The molecule has 9 heteroatoms. The average Bonchev–Trinajstić information content (AvgIpc) is 3.12. The monoisotopic (exact) mass is 441 g/mol. The van der Waals surface area contributed by atoms with Crippen LogP contribution < -0.4 is 10.6 Å². The molecule has 0 aliphatic heterocycles. The third-order valence-electron chi connectivity index (χ3n) is 2.69. The molecular formula is C13H18F2IN5S. The van der Waals surface area contributed by atoms with E-state index >= 15 is 0 Å². The van der Waals surface area contributed by atoms with Gasteiger partial charge in [-0.15, -0.1) is 35.3 Å². The van der Waals surface area contributed by atoms with Crippen LogP contribution in [0.1, 0.15) is 24.2 Å². The van der Waals surface area contributed by atoms with E-state index < -0.39 is 6.55 Å². The quantitative estimate of drug-likeness (QED) is 0.411. The van der Waals surface area contributed by atoms with Gasteiger partial charge in [0.2, 0.25) is 0 Å². The summed E-state index contributed by atoms with van der Waals surface area (Å²) in [4.78, 5) is 9.36. The second-order valence-electron chi connectivity index (χ2n) is 4.16. The topological polar surface area (TPSA) is 54.2 Å². The molecule has 2 N–H and O–H groups in total. The second kappa shape index (κ2) is 9.72. The number of guanidine groups is 1. The van der Waals surface area contributed by atoms with Gasteiger partial charge in [0.25, 0.3) is 0 Å². The number of alkyl halides is 2. The number of aromatic nitrogens is 2. The Morgan fingerprint density at radius 1 is 1.45 bits per heavy atom. The van der Waals surface area contributed by atoms with Gasteiger partial charge in [-0.3, -0.25) is 4.57 Å². The Morgan fingerprint density at radius 2 is 2.27 bits per heavy atom. The molecule has 2 aromatic heterocycles. The standard InChI is InChI=1S/C13H17F2N5S.HI/c1-2-16-13(18-8-10-4-3-7-21-10)19-9-11-17-5-6-20(11)12(14)15;/h3-7,12H,2,8-9H2,1H3,(H2,16,18,19);1H. The summed E-state index contributed by atoms with van der Waals surface area (Å²) >= 11 is 1.64. The molecule has 0 aromatic carbocycles. The minimum atomic E-state index is -2.60. The lowest BCUT2D eigenvalue weighted by atomic mass is 10.4.